The Hall–Kier alpha value is -3.31. The van der Waals surface area contributed by atoms with Gasteiger partial charge >= 0.3 is 5.97 Å². The average Bonchev–Trinajstić information content (AvgIpc) is 2.69. The molecule has 0 aliphatic rings. The Labute approximate surface area is 167 Å². The van der Waals surface area contributed by atoms with Crippen LogP contribution in [-0.2, 0) is 6.61 Å². The highest BCUT2D eigenvalue weighted by molar-refractivity contribution is 6.34. The topological polar surface area (TPSA) is 75.6 Å². The lowest BCUT2D eigenvalue weighted by Crippen LogP contribution is -2.14. The predicted octanol–water partition coefficient (Wildman–Crippen LogP) is 5.18. The van der Waals surface area contributed by atoms with Crippen LogP contribution in [0.25, 0.3) is 0 Å². The van der Waals surface area contributed by atoms with Gasteiger partial charge in [0.25, 0.3) is 5.91 Å². The smallest absolute Gasteiger partial charge is 0.335 e. The molecule has 0 fully saturated rings. The number of anilines is 1. The van der Waals surface area contributed by atoms with E-state index in [4.69, 9.17) is 21.4 Å². The van der Waals surface area contributed by atoms with E-state index in [1.54, 1.807) is 31.2 Å². The minimum atomic E-state index is -1.06. The molecule has 28 heavy (non-hydrogen) atoms. The number of carbonyl (C=O) groups excluding carboxylic acids is 1. The Bertz CT molecular complexity index is 1020. The molecule has 0 heterocycles. The van der Waals surface area contributed by atoms with E-state index < -0.39 is 11.9 Å². The first kappa shape index (κ1) is 19.5. The summed E-state index contributed by atoms with van der Waals surface area (Å²) in [5.74, 6) is -1.000. The van der Waals surface area contributed by atoms with Gasteiger partial charge in [0, 0.05) is 5.69 Å². The fraction of sp³-hybridized carbons (Fsp3) is 0.0909. The number of benzene rings is 3. The van der Waals surface area contributed by atoms with Gasteiger partial charge in [-0.3, -0.25) is 4.79 Å². The maximum Gasteiger partial charge on any atom is 0.335 e. The van der Waals surface area contributed by atoms with Crippen LogP contribution in [0.1, 0.15) is 31.8 Å². The molecule has 0 bridgehead atoms. The molecule has 6 heteroatoms. The molecule has 0 atom stereocenters. The van der Waals surface area contributed by atoms with E-state index in [0.717, 1.165) is 11.1 Å². The summed E-state index contributed by atoms with van der Waals surface area (Å²) in [5, 5.41) is 12.1. The molecule has 0 aromatic heterocycles. The molecule has 0 aliphatic heterocycles. The van der Waals surface area contributed by atoms with Gasteiger partial charge in [-0.05, 0) is 48.4 Å². The molecule has 0 radical (unpaired) electrons. The second kappa shape index (κ2) is 8.59. The Morgan fingerprint density at radius 2 is 1.79 bits per heavy atom. The van der Waals surface area contributed by atoms with E-state index >= 15 is 0 Å². The van der Waals surface area contributed by atoms with Crippen molar-refractivity contribution in [2.45, 2.75) is 13.5 Å². The molecule has 0 aliphatic carbocycles. The van der Waals surface area contributed by atoms with E-state index in [1.807, 2.05) is 30.3 Å². The van der Waals surface area contributed by atoms with Crippen molar-refractivity contribution in [3.63, 3.8) is 0 Å². The average molecular weight is 396 g/mol. The number of aromatic carboxylic acids is 1. The fourth-order valence-corrected chi connectivity index (χ4v) is 2.79. The number of nitrogens with one attached hydrogen (secondary N) is 1. The van der Waals surface area contributed by atoms with E-state index in [2.05, 4.69) is 5.32 Å². The first-order chi connectivity index (χ1) is 13.4. The Kier molecular flexibility index (Phi) is 5.96. The zero-order valence-electron chi connectivity index (χ0n) is 15.1. The zero-order valence-corrected chi connectivity index (χ0v) is 15.9. The van der Waals surface area contributed by atoms with Crippen molar-refractivity contribution in [2.75, 3.05) is 5.32 Å². The van der Waals surface area contributed by atoms with Crippen LogP contribution in [0, 0.1) is 6.92 Å². The molecule has 5 nitrogen and oxygen atoms in total. The van der Waals surface area contributed by atoms with E-state index in [1.165, 1.54) is 12.1 Å². The van der Waals surface area contributed by atoms with Gasteiger partial charge in [0.05, 0.1) is 16.1 Å². The maximum absolute atomic E-state index is 12.7. The van der Waals surface area contributed by atoms with Gasteiger partial charge in [-0.2, -0.15) is 0 Å². The summed E-state index contributed by atoms with van der Waals surface area (Å²) in [5.41, 5.74) is 2.49. The van der Waals surface area contributed by atoms with Crippen LogP contribution in [-0.4, -0.2) is 17.0 Å². The van der Waals surface area contributed by atoms with Gasteiger partial charge in [-0.1, -0.05) is 48.0 Å². The van der Waals surface area contributed by atoms with Gasteiger partial charge in [0.2, 0.25) is 0 Å². The van der Waals surface area contributed by atoms with Crippen molar-refractivity contribution in [1.29, 1.82) is 0 Å². The zero-order chi connectivity index (χ0) is 20.1. The third kappa shape index (κ3) is 4.69. The minimum Gasteiger partial charge on any atom is -0.489 e. The van der Waals surface area contributed by atoms with Crippen molar-refractivity contribution < 1.29 is 19.4 Å². The van der Waals surface area contributed by atoms with Crippen LogP contribution in [0.2, 0.25) is 5.02 Å². The highest BCUT2D eigenvalue weighted by atomic mass is 35.5. The summed E-state index contributed by atoms with van der Waals surface area (Å²) in [4.78, 5) is 23.9. The first-order valence-corrected chi connectivity index (χ1v) is 8.93. The van der Waals surface area contributed by atoms with Crippen LogP contribution in [0.3, 0.4) is 0 Å². The molecule has 0 saturated carbocycles. The lowest BCUT2D eigenvalue weighted by Gasteiger charge is -2.12. The molecule has 1 amide bonds. The third-order valence-electron chi connectivity index (χ3n) is 4.16. The second-order valence-electron chi connectivity index (χ2n) is 6.20. The summed E-state index contributed by atoms with van der Waals surface area (Å²) in [6.45, 7) is 2.14. The summed E-state index contributed by atoms with van der Waals surface area (Å²) < 4.78 is 5.75. The number of hydrogen-bond acceptors (Lipinski definition) is 3. The highest BCUT2D eigenvalue weighted by Gasteiger charge is 2.15. The largest absolute Gasteiger partial charge is 0.489 e. The molecule has 142 valence electrons. The van der Waals surface area contributed by atoms with E-state index in [-0.39, 0.29) is 16.1 Å². The molecule has 3 aromatic rings. The monoisotopic (exact) mass is 395 g/mol. The first-order valence-electron chi connectivity index (χ1n) is 8.55. The van der Waals surface area contributed by atoms with Gasteiger partial charge in [0.15, 0.2) is 0 Å². The van der Waals surface area contributed by atoms with Gasteiger partial charge in [-0.15, -0.1) is 0 Å². The van der Waals surface area contributed by atoms with Crippen LogP contribution in [0.5, 0.6) is 5.75 Å². The van der Waals surface area contributed by atoms with Crippen LogP contribution >= 0.6 is 11.6 Å². The number of carboxylic acids is 1. The summed E-state index contributed by atoms with van der Waals surface area (Å²) in [7, 11) is 0. The van der Waals surface area contributed by atoms with Crippen molar-refractivity contribution >= 4 is 29.2 Å². The molecule has 3 rings (SSSR count). The number of hydrogen-bond donors (Lipinski definition) is 2. The normalized spacial score (nSPS) is 10.4. The van der Waals surface area contributed by atoms with Crippen LogP contribution in [0.4, 0.5) is 5.69 Å². The number of aryl methyl sites for hydroxylation is 1. The molecular weight excluding hydrogens is 378 g/mol. The van der Waals surface area contributed by atoms with E-state index in [0.29, 0.717) is 18.0 Å². The van der Waals surface area contributed by atoms with Crippen LogP contribution in [0.15, 0.2) is 66.7 Å². The predicted molar refractivity (Wildman–Crippen MR) is 108 cm³/mol. The van der Waals surface area contributed by atoms with Crippen molar-refractivity contribution in [2.24, 2.45) is 0 Å². The maximum atomic E-state index is 12.7. The lowest BCUT2D eigenvalue weighted by molar-refractivity contribution is 0.0696. The molecule has 0 spiro atoms. The Morgan fingerprint density at radius 3 is 2.50 bits per heavy atom. The molecule has 3 aromatic carbocycles. The van der Waals surface area contributed by atoms with E-state index in [9.17, 15) is 9.59 Å². The van der Waals surface area contributed by atoms with Gasteiger partial charge in [-0.25, -0.2) is 4.79 Å². The SMILES string of the molecule is Cc1ccc(C(=O)O)cc1NC(=O)c1cc(OCc2ccccc2)ccc1Cl. The summed E-state index contributed by atoms with van der Waals surface area (Å²) in [6, 6.07) is 19.1. The molecule has 0 saturated heterocycles. The number of carboxylic acid groups (broad SMARTS) is 1. The number of rotatable bonds is 6. The number of halogens is 1. The molecule has 0 unspecified atom stereocenters. The van der Waals surface area contributed by atoms with Crippen LogP contribution < -0.4 is 10.1 Å². The summed E-state index contributed by atoms with van der Waals surface area (Å²) >= 11 is 6.19. The summed E-state index contributed by atoms with van der Waals surface area (Å²) in [6.07, 6.45) is 0. The Balaban J connectivity index is 1.78. The highest BCUT2D eigenvalue weighted by Crippen LogP contribution is 2.25. The quantitative estimate of drug-likeness (QED) is 0.603. The number of carbonyl (C=O) groups is 2. The fourth-order valence-electron chi connectivity index (χ4n) is 2.59. The van der Waals surface area contributed by atoms with Crippen molar-refractivity contribution in [1.82, 2.24) is 0 Å². The molecular formula is C22H18ClNO4. The standard InChI is InChI=1S/C22H18ClNO4/c1-14-7-8-16(22(26)27)11-20(14)24-21(25)18-12-17(9-10-19(18)23)28-13-15-5-3-2-4-6-15/h2-12H,13H2,1H3,(H,24,25)(H,26,27). The number of ether oxygens (including phenoxy) is 1. The van der Waals surface area contributed by atoms with Crippen molar-refractivity contribution in [3.05, 3.63) is 94.0 Å². The number of amides is 1. The minimum absolute atomic E-state index is 0.0898. The van der Waals surface area contributed by atoms with Gasteiger partial charge < -0.3 is 15.2 Å². The second-order valence-corrected chi connectivity index (χ2v) is 6.61. The third-order valence-corrected chi connectivity index (χ3v) is 4.49. The molecule has 2 N–H and O–H groups in total. The van der Waals surface area contributed by atoms with Gasteiger partial charge in [0.1, 0.15) is 12.4 Å². The van der Waals surface area contributed by atoms with Crippen molar-refractivity contribution in [3.8, 4) is 5.75 Å². The lowest BCUT2D eigenvalue weighted by atomic mass is 10.1. The Morgan fingerprint density at radius 1 is 1.04 bits per heavy atom.